The van der Waals surface area contributed by atoms with E-state index in [0.717, 1.165) is 10.5 Å². The normalized spacial score (nSPS) is 16.3. The molecule has 0 saturated carbocycles. The average Bonchev–Trinajstić information content (AvgIpc) is 2.78. The minimum absolute atomic E-state index is 0.00323. The Morgan fingerprint density at radius 3 is 2.44 bits per heavy atom. The third kappa shape index (κ3) is 5.04. The number of hydrogen-bond donors (Lipinski definition) is 1. The van der Waals surface area contributed by atoms with E-state index in [9.17, 15) is 19.5 Å². The van der Waals surface area contributed by atoms with E-state index in [1.807, 2.05) is 30.3 Å². The molecule has 1 aliphatic rings. The molecule has 1 saturated heterocycles. The number of piperazine rings is 1. The van der Waals surface area contributed by atoms with Crippen LogP contribution in [0.1, 0.15) is 36.1 Å². The fourth-order valence-corrected chi connectivity index (χ4v) is 4.71. The molecule has 1 aliphatic heterocycles. The predicted molar refractivity (Wildman–Crippen MR) is 130 cm³/mol. The summed E-state index contributed by atoms with van der Waals surface area (Å²) in [6.07, 6.45) is -0.952. The third-order valence-corrected chi connectivity index (χ3v) is 6.85. The second-order valence-electron chi connectivity index (χ2n) is 8.55. The highest BCUT2D eigenvalue weighted by molar-refractivity contribution is 9.10. The van der Waals surface area contributed by atoms with Crippen molar-refractivity contribution in [3.05, 3.63) is 57.1 Å². The zero-order chi connectivity index (χ0) is 25.2. The van der Waals surface area contributed by atoms with Gasteiger partial charge in [-0.2, -0.15) is 0 Å². The fraction of sp³-hybridized carbons (Fsp3) is 0.400. The number of imide groups is 1. The highest BCUT2D eigenvalue weighted by Gasteiger charge is 2.43. The van der Waals surface area contributed by atoms with Gasteiger partial charge < -0.3 is 19.5 Å². The molecule has 1 N–H and O–H groups in total. The number of nitrogens with zero attached hydrogens (tertiary/aromatic N) is 2. The molecule has 1 unspecified atom stereocenters. The first kappa shape index (κ1) is 25.6. The molecule has 1 heterocycles. The lowest BCUT2D eigenvalue weighted by Gasteiger charge is -2.37. The van der Waals surface area contributed by atoms with Crippen LogP contribution >= 0.6 is 15.9 Å². The first-order chi connectivity index (χ1) is 16.1. The van der Waals surface area contributed by atoms with Crippen molar-refractivity contribution in [2.45, 2.75) is 45.8 Å². The van der Waals surface area contributed by atoms with Crippen molar-refractivity contribution in [3.8, 4) is 11.5 Å². The van der Waals surface area contributed by atoms with Crippen LogP contribution in [0.2, 0.25) is 0 Å². The van der Waals surface area contributed by atoms with E-state index in [1.165, 1.54) is 19.1 Å². The molecule has 8 nitrogen and oxygen atoms in total. The van der Waals surface area contributed by atoms with Crippen LogP contribution in [-0.2, 0) is 27.2 Å². The lowest BCUT2D eigenvalue weighted by molar-refractivity contribution is -0.152. The summed E-state index contributed by atoms with van der Waals surface area (Å²) in [5.74, 6) is -0.624. The Bertz CT molecular complexity index is 1100. The first-order valence-electron chi connectivity index (χ1n) is 10.9. The Kier molecular flexibility index (Phi) is 7.86. The number of likely N-dealkylation sites (N-methyl/N-ethyl adjacent to an activating group) is 1. The number of methoxy groups -OCH3 is 1. The lowest BCUT2D eigenvalue weighted by Crippen LogP contribution is -2.61. The van der Waals surface area contributed by atoms with E-state index in [2.05, 4.69) is 15.9 Å². The summed E-state index contributed by atoms with van der Waals surface area (Å²) in [5.41, 5.74) is 2.75. The molecule has 3 rings (SSSR count). The minimum Gasteiger partial charge on any atom is -0.504 e. The maximum absolute atomic E-state index is 13.2. The van der Waals surface area contributed by atoms with Crippen molar-refractivity contribution < 1.29 is 29.0 Å². The van der Waals surface area contributed by atoms with Crippen molar-refractivity contribution in [1.29, 1.82) is 0 Å². The zero-order valence-corrected chi connectivity index (χ0v) is 21.5. The number of carbonyl (C=O) groups is 3. The van der Waals surface area contributed by atoms with Crippen LogP contribution in [0, 0.1) is 6.92 Å². The fourth-order valence-electron chi connectivity index (χ4n) is 4.12. The number of aromatic hydroxyl groups is 1. The molecule has 9 heteroatoms. The molecular formula is C25H29BrN2O6. The number of halogens is 1. The predicted octanol–water partition coefficient (Wildman–Crippen LogP) is 3.82. The molecule has 0 bridgehead atoms. The summed E-state index contributed by atoms with van der Waals surface area (Å²) < 4.78 is 11.3. The Hall–Kier alpha value is -3.07. The van der Waals surface area contributed by atoms with Crippen LogP contribution in [0.4, 0.5) is 4.79 Å². The quantitative estimate of drug-likeness (QED) is 0.607. The summed E-state index contributed by atoms with van der Waals surface area (Å²) in [5, 5.41) is 11.1. The van der Waals surface area contributed by atoms with Crippen LogP contribution < -0.4 is 4.74 Å². The molecule has 0 aromatic heterocycles. The number of benzene rings is 2. The first-order valence-corrected chi connectivity index (χ1v) is 11.7. The molecule has 2 aromatic rings. The summed E-state index contributed by atoms with van der Waals surface area (Å²) >= 11 is 3.61. The molecule has 1 atom stereocenters. The molecule has 0 spiro atoms. The zero-order valence-electron chi connectivity index (χ0n) is 19.9. The van der Waals surface area contributed by atoms with E-state index in [0.29, 0.717) is 33.3 Å². The smallest absolute Gasteiger partial charge is 0.417 e. The SMILES string of the molecule is COc1c(C)c(Br)c(CC2C(=O)N(C)CC(=O)N2C(=O)OC(C)C)c(Cc2ccccc2)c1O. The van der Waals surface area contributed by atoms with Gasteiger partial charge in [-0.05, 0) is 31.9 Å². The van der Waals surface area contributed by atoms with Gasteiger partial charge in [0.25, 0.3) is 5.91 Å². The Balaban J connectivity index is 2.13. The van der Waals surface area contributed by atoms with Gasteiger partial charge in [-0.15, -0.1) is 0 Å². The summed E-state index contributed by atoms with van der Waals surface area (Å²) in [6, 6.07) is 8.44. The Labute approximate surface area is 207 Å². The number of carbonyl (C=O) groups excluding carboxylic acids is 3. The van der Waals surface area contributed by atoms with Crippen molar-refractivity contribution in [1.82, 2.24) is 9.80 Å². The molecule has 0 aliphatic carbocycles. The molecule has 34 heavy (non-hydrogen) atoms. The number of hydrogen-bond acceptors (Lipinski definition) is 6. The van der Waals surface area contributed by atoms with Gasteiger partial charge in [0, 0.05) is 35.5 Å². The van der Waals surface area contributed by atoms with E-state index in [1.54, 1.807) is 20.8 Å². The highest BCUT2D eigenvalue weighted by Crippen LogP contribution is 2.43. The van der Waals surface area contributed by atoms with Gasteiger partial charge in [0.1, 0.15) is 12.6 Å². The second kappa shape index (κ2) is 10.5. The molecule has 0 radical (unpaired) electrons. The number of rotatable bonds is 6. The van der Waals surface area contributed by atoms with Crippen molar-refractivity contribution in [2.24, 2.45) is 0 Å². The topological polar surface area (TPSA) is 96.4 Å². The third-order valence-electron chi connectivity index (χ3n) is 5.77. The number of phenolic OH excluding ortho intramolecular Hbond substituents is 1. The summed E-state index contributed by atoms with van der Waals surface area (Å²) in [4.78, 5) is 41.0. The maximum Gasteiger partial charge on any atom is 0.417 e. The highest BCUT2D eigenvalue weighted by atomic mass is 79.9. The molecule has 2 aromatic carbocycles. The maximum atomic E-state index is 13.2. The van der Waals surface area contributed by atoms with Gasteiger partial charge in [0.05, 0.1) is 13.2 Å². The van der Waals surface area contributed by atoms with Gasteiger partial charge in [-0.1, -0.05) is 46.3 Å². The lowest BCUT2D eigenvalue weighted by atomic mass is 9.91. The second-order valence-corrected chi connectivity index (χ2v) is 9.34. The molecule has 3 amide bonds. The standard InChI is InChI=1S/C25H29BrN2O6/c1-14(2)34-25(32)28-19(24(31)27(4)13-20(28)29)12-17-18(11-16-9-7-6-8-10-16)22(30)23(33-5)15(3)21(17)26/h6-10,14,19,30H,11-13H2,1-5H3. The monoisotopic (exact) mass is 532 g/mol. The van der Waals surface area contributed by atoms with Gasteiger partial charge in [0.15, 0.2) is 11.5 Å². The van der Waals surface area contributed by atoms with Gasteiger partial charge in [0.2, 0.25) is 5.91 Å². The van der Waals surface area contributed by atoms with Gasteiger partial charge in [-0.3, -0.25) is 9.59 Å². The van der Waals surface area contributed by atoms with E-state index in [-0.39, 0.29) is 24.6 Å². The van der Waals surface area contributed by atoms with Crippen molar-refractivity contribution in [2.75, 3.05) is 20.7 Å². The van der Waals surface area contributed by atoms with Crippen molar-refractivity contribution >= 4 is 33.8 Å². The summed E-state index contributed by atoms with van der Waals surface area (Å²) in [7, 11) is 3.00. The number of phenols is 1. The van der Waals surface area contributed by atoms with Crippen LogP contribution in [-0.4, -0.2) is 65.7 Å². The molecule has 182 valence electrons. The van der Waals surface area contributed by atoms with E-state index >= 15 is 0 Å². The van der Waals surface area contributed by atoms with Crippen LogP contribution in [0.15, 0.2) is 34.8 Å². The minimum atomic E-state index is -1.12. The van der Waals surface area contributed by atoms with Crippen molar-refractivity contribution in [3.63, 3.8) is 0 Å². The largest absolute Gasteiger partial charge is 0.504 e. The number of amides is 3. The van der Waals surface area contributed by atoms with E-state index in [4.69, 9.17) is 9.47 Å². The Morgan fingerprint density at radius 2 is 1.85 bits per heavy atom. The molecular weight excluding hydrogens is 504 g/mol. The summed E-state index contributed by atoms with van der Waals surface area (Å²) in [6.45, 7) is 4.92. The van der Waals surface area contributed by atoms with Crippen LogP contribution in [0.5, 0.6) is 11.5 Å². The van der Waals surface area contributed by atoms with E-state index < -0.39 is 24.1 Å². The average molecular weight is 533 g/mol. The van der Waals surface area contributed by atoms with Crippen LogP contribution in [0.25, 0.3) is 0 Å². The van der Waals surface area contributed by atoms with Gasteiger partial charge >= 0.3 is 6.09 Å². The van der Waals surface area contributed by atoms with Gasteiger partial charge in [-0.25, -0.2) is 9.69 Å². The number of ether oxygens (including phenoxy) is 2. The Morgan fingerprint density at radius 1 is 1.21 bits per heavy atom. The molecule has 1 fully saturated rings. The van der Waals surface area contributed by atoms with Crippen LogP contribution in [0.3, 0.4) is 0 Å².